The number of nitrogens with one attached hydrogen (secondary N) is 2. The van der Waals surface area contributed by atoms with Crippen molar-refractivity contribution >= 4 is 11.7 Å². The highest BCUT2D eigenvalue weighted by molar-refractivity contribution is 5.89. The summed E-state index contributed by atoms with van der Waals surface area (Å²) in [4.78, 5) is 11.8. The number of hydrogen-bond donors (Lipinski definition) is 2. The van der Waals surface area contributed by atoms with Gasteiger partial charge < -0.3 is 15.4 Å². The highest BCUT2D eigenvalue weighted by Gasteiger charge is 2.03. The molecule has 0 fully saturated rings. The molecule has 122 valence electrons. The van der Waals surface area contributed by atoms with E-state index >= 15 is 0 Å². The van der Waals surface area contributed by atoms with Gasteiger partial charge in [0.25, 0.3) is 0 Å². The van der Waals surface area contributed by atoms with Crippen LogP contribution in [0.5, 0.6) is 5.75 Å². The van der Waals surface area contributed by atoms with Gasteiger partial charge in [-0.25, -0.2) is 4.79 Å². The lowest BCUT2D eigenvalue weighted by atomic mass is 10.1. The van der Waals surface area contributed by atoms with Crippen molar-refractivity contribution in [2.75, 3.05) is 18.5 Å². The summed E-state index contributed by atoms with van der Waals surface area (Å²) in [5, 5.41) is 5.60. The molecule has 0 atom stereocenters. The number of carbonyl (C=O) groups is 1. The Morgan fingerprint density at radius 1 is 1.00 bits per heavy atom. The second kappa shape index (κ2) is 8.83. The van der Waals surface area contributed by atoms with Crippen LogP contribution in [-0.4, -0.2) is 19.2 Å². The molecule has 0 aliphatic heterocycles. The van der Waals surface area contributed by atoms with Crippen molar-refractivity contribution in [3.63, 3.8) is 0 Å². The van der Waals surface area contributed by atoms with Gasteiger partial charge in [0.1, 0.15) is 12.4 Å². The molecule has 0 aromatic heterocycles. The molecule has 4 heteroatoms. The fourth-order valence-electron chi connectivity index (χ4n) is 2.26. The summed E-state index contributed by atoms with van der Waals surface area (Å²) in [7, 11) is 0. The van der Waals surface area contributed by atoms with Crippen LogP contribution in [0.2, 0.25) is 0 Å². The van der Waals surface area contributed by atoms with E-state index < -0.39 is 0 Å². The molecule has 2 amide bonds. The zero-order valence-corrected chi connectivity index (χ0v) is 13.8. The van der Waals surface area contributed by atoms with Crippen molar-refractivity contribution in [3.8, 4) is 5.75 Å². The van der Waals surface area contributed by atoms with E-state index in [2.05, 4.69) is 30.5 Å². The maximum absolute atomic E-state index is 11.8. The third kappa shape index (κ3) is 5.33. The van der Waals surface area contributed by atoms with Crippen LogP contribution in [-0.2, 0) is 12.8 Å². The lowest BCUT2D eigenvalue weighted by Gasteiger charge is -2.11. The third-order valence-corrected chi connectivity index (χ3v) is 3.62. The molecule has 0 radical (unpaired) electrons. The van der Waals surface area contributed by atoms with E-state index in [1.807, 2.05) is 42.5 Å². The molecule has 23 heavy (non-hydrogen) atoms. The van der Waals surface area contributed by atoms with Gasteiger partial charge in [-0.15, -0.1) is 0 Å². The molecule has 2 rings (SSSR count). The number of carbonyl (C=O) groups excluding carboxylic acids is 1. The molecule has 0 aliphatic rings. The van der Waals surface area contributed by atoms with Gasteiger partial charge in [0, 0.05) is 5.69 Å². The van der Waals surface area contributed by atoms with E-state index in [9.17, 15) is 4.79 Å². The summed E-state index contributed by atoms with van der Waals surface area (Å²) in [6.07, 6.45) is 1.92. The van der Waals surface area contributed by atoms with Crippen LogP contribution >= 0.6 is 0 Å². The number of para-hydroxylation sites is 1. The van der Waals surface area contributed by atoms with E-state index in [1.54, 1.807) is 0 Å². The van der Waals surface area contributed by atoms with Crippen molar-refractivity contribution in [3.05, 3.63) is 59.7 Å². The van der Waals surface area contributed by atoms with Gasteiger partial charge in [-0.3, -0.25) is 0 Å². The molecule has 4 nitrogen and oxygen atoms in total. The van der Waals surface area contributed by atoms with Crippen LogP contribution in [0.4, 0.5) is 10.5 Å². The van der Waals surface area contributed by atoms with E-state index in [0.29, 0.717) is 13.2 Å². The van der Waals surface area contributed by atoms with Crippen LogP contribution in [0, 0.1) is 0 Å². The fraction of sp³-hybridized carbons (Fsp3) is 0.316. The number of hydrogen-bond acceptors (Lipinski definition) is 2. The monoisotopic (exact) mass is 312 g/mol. The van der Waals surface area contributed by atoms with Crippen LogP contribution in [0.3, 0.4) is 0 Å². The first-order valence-electron chi connectivity index (χ1n) is 8.07. The highest BCUT2D eigenvalue weighted by Crippen LogP contribution is 2.17. The Labute approximate surface area is 137 Å². The summed E-state index contributed by atoms with van der Waals surface area (Å²) in [6, 6.07) is 15.6. The molecule has 0 aliphatic carbocycles. The van der Waals surface area contributed by atoms with Crippen molar-refractivity contribution in [2.24, 2.45) is 0 Å². The largest absolute Gasteiger partial charge is 0.491 e. The van der Waals surface area contributed by atoms with E-state index in [4.69, 9.17) is 4.74 Å². The maximum Gasteiger partial charge on any atom is 0.319 e. The lowest BCUT2D eigenvalue weighted by Crippen LogP contribution is -2.32. The molecular formula is C19H24N2O2. The Hall–Kier alpha value is -2.49. The lowest BCUT2D eigenvalue weighted by molar-refractivity contribution is 0.247. The van der Waals surface area contributed by atoms with Gasteiger partial charge in [-0.2, -0.15) is 0 Å². The highest BCUT2D eigenvalue weighted by atomic mass is 16.5. The topological polar surface area (TPSA) is 50.4 Å². The smallest absolute Gasteiger partial charge is 0.319 e. The number of benzene rings is 2. The molecule has 0 spiro atoms. The third-order valence-electron chi connectivity index (χ3n) is 3.62. The minimum atomic E-state index is -0.221. The van der Waals surface area contributed by atoms with Crippen LogP contribution < -0.4 is 15.4 Å². The maximum atomic E-state index is 11.8. The molecule has 2 N–H and O–H groups in total. The number of urea groups is 1. The van der Waals surface area contributed by atoms with E-state index in [0.717, 1.165) is 24.3 Å². The standard InChI is InChI=1S/C19H24N2O2/c1-3-15-9-11-17(12-10-15)21-19(22)20-13-14-23-18-8-6-5-7-16(18)4-2/h5-12H,3-4,13-14H2,1-2H3,(H2,20,21,22). The number of anilines is 1. The Bertz CT molecular complexity index is 624. The predicted octanol–water partition coefficient (Wildman–Crippen LogP) is 4.01. The van der Waals surface area contributed by atoms with E-state index in [-0.39, 0.29) is 6.03 Å². The molecular weight excluding hydrogens is 288 g/mol. The first-order chi connectivity index (χ1) is 11.2. The number of ether oxygens (including phenoxy) is 1. The Morgan fingerprint density at radius 2 is 1.74 bits per heavy atom. The SMILES string of the molecule is CCc1ccc(NC(=O)NCCOc2ccccc2CC)cc1. The molecule has 0 saturated carbocycles. The minimum absolute atomic E-state index is 0.221. The average Bonchev–Trinajstić information content (AvgIpc) is 2.59. The normalized spacial score (nSPS) is 10.2. The Kier molecular flexibility index (Phi) is 6.48. The van der Waals surface area contributed by atoms with Crippen LogP contribution in [0.1, 0.15) is 25.0 Å². The first-order valence-corrected chi connectivity index (χ1v) is 8.07. The zero-order chi connectivity index (χ0) is 16.5. The summed E-state index contributed by atoms with van der Waals surface area (Å²) < 4.78 is 5.72. The summed E-state index contributed by atoms with van der Waals surface area (Å²) in [6.45, 7) is 5.10. The van der Waals surface area contributed by atoms with E-state index in [1.165, 1.54) is 11.1 Å². The minimum Gasteiger partial charge on any atom is -0.491 e. The quantitative estimate of drug-likeness (QED) is 0.759. The van der Waals surface area contributed by atoms with Gasteiger partial charge in [-0.1, -0.05) is 44.2 Å². The number of rotatable bonds is 7. The van der Waals surface area contributed by atoms with Crippen molar-refractivity contribution in [2.45, 2.75) is 26.7 Å². The van der Waals surface area contributed by atoms with Gasteiger partial charge >= 0.3 is 6.03 Å². The van der Waals surface area contributed by atoms with Crippen molar-refractivity contribution < 1.29 is 9.53 Å². The molecule has 2 aromatic carbocycles. The van der Waals surface area contributed by atoms with Crippen molar-refractivity contribution in [1.82, 2.24) is 5.32 Å². The number of aryl methyl sites for hydroxylation is 2. The van der Waals surface area contributed by atoms with Gasteiger partial charge in [-0.05, 0) is 42.2 Å². The second-order valence-corrected chi connectivity index (χ2v) is 5.24. The second-order valence-electron chi connectivity index (χ2n) is 5.24. The summed E-state index contributed by atoms with van der Waals surface area (Å²) in [5.41, 5.74) is 3.21. The summed E-state index contributed by atoms with van der Waals surface area (Å²) in [5.74, 6) is 0.882. The van der Waals surface area contributed by atoms with Gasteiger partial charge in [0.15, 0.2) is 0 Å². The average molecular weight is 312 g/mol. The van der Waals surface area contributed by atoms with Crippen molar-refractivity contribution in [1.29, 1.82) is 0 Å². The van der Waals surface area contributed by atoms with Crippen LogP contribution in [0.25, 0.3) is 0 Å². The number of amides is 2. The van der Waals surface area contributed by atoms with Gasteiger partial charge in [0.2, 0.25) is 0 Å². The Balaban J connectivity index is 1.72. The molecule has 0 bridgehead atoms. The predicted molar refractivity (Wildman–Crippen MR) is 94.2 cm³/mol. The first kappa shape index (κ1) is 16.9. The Morgan fingerprint density at radius 3 is 2.43 bits per heavy atom. The molecule has 0 unspecified atom stereocenters. The fourth-order valence-corrected chi connectivity index (χ4v) is 2.26. The molecule has 0 heterocycles. The van der Waals surface area contributed by atoms with Gasteiger partial charge in [0.05, 0.1) is 6.54 Å². The summed E-state index contributed by atoms with van der Waals surface area (Å²) >= 11 is 0. The molecule has 0 saturated heterocycles. The zero-order valence-electron chi connectivity index (χ0n) is 13.8. The van der Waals surface area contributed by atoms with Crippen LogP contribution in [0.15, 0.2) is 48.5 Å². The molecule has 2 aromatic rings.